The number of rotatable bonds is 3. The van der Waals surface area contributed by atoms with E-state index in [1.807, 2.05) is 24.5 Å². The largest absolute Gasteiger partial charge is 0.385 e. The van der Waals surface area contributed by atoms with Crippen LogP contribution in [-0.2, 0) is 0 Å². The number of hydrogen-bond donors (Lipinski definition) is 1. The zero-order chi connectivity index (χ0) is 10.5. The number of anilines is 1. The van der Waals surface area contributed by atoms with Crippen molar-refractivity contribution in [1.29, 1.82) is 0 Å². The van der Waals surface area contributed by atoms with Gasteiger partial charge in [-0.05, 0) is 43.7 Å². The minimum Gasteiger partial charge on any atom is -0.385 e. The molecule has 2 rings (SSSR count). The first kappa shape index (κ1) is 10.7. The molecule has 0 spiro atoms. The van der Waals surface area contributed by atoms with Gasteiger partial charge in [0.15, 0.2) is 0 Å². The monoisotopic (exact) mass is 224 g/mol. The molecular formula is C12H17ClN2. The predicted molar refractivity (Wildman–Crippen MR) is 64.3 cm³/mol. The molecule has 0 atom stereocenters. The van der Waals surface area contributed by atoms with Crippen molar-refractivity contribution < 1.29 is 0 Å². The first-order chi connectivity index (χ1) is 7.34. The smallest absolute Gasteiger partial charge is 0.0371 e. The molecule has 1 aliphatic rings. The maximum Gasteiger partial charge on any atom is 0.0371 e. The van der Waals surface area contributed by atoms with E-state index < -0.39 is 0 Å². The Labute approximate surface area is 96.1 Å². The molecular weight excluding hydrogens is 208 g/mol. The van der Waals surface area contributed by atoms with Gasteiger partial charge in [-0.2, -0.15) is 0 Å². The number of hydrogen-bond acceptors (Lipinski definition) is 2. The molecule has 1 aliphatic carbocycles. The summed E-state index contributed by atoms with van der Waals surface area (Å²) in [6, 6.07) is 4.01. The highest BCUT2D eigenvalue weighted by atomic mass is 35.5. The SMILES string of the molecule is ClC1CCC(CNc2ccncc2)CC1. The Morgan fingerprint density at radius 3 is 2.53 bits per heavy atom. The minimum absolute atomic E-state index is 0.419. The Hall–Kier alpha value is -0.760. The summed E-state index contributed by atoms with van der Waals surface area (Å²) in [6.45, 7) is 1.06. The summed E-state index contributed by atoms with van der Waals surface area (Å²) >= 11 is 6.07. The zero-order valence-electron chi connectivity index (χ0n) is 8.82. The van der Waals surface area contributed by atoms with Gasteiger partial charge in [0.2, 0.25) is 0 Å². The van der Waals surface area contributed by atoms with Crippen LogP contribution in [0.1, 0.15) is 25.7 Å². The second kappa shape index (κ2) is 5.36. The van der Waals surface area contributed by atoms with Gasteiger partial charge in [-0.3, -0.25) is 4.98 Å². The molecule has 0 aromatic carbocycles. The van der Waals surface area contributed by atoms with Crippen LogP contribution in [0.15, 0.2) is 24.5 Å². The van der Waals surface area contributed by atoms with Crippen molar-refractivity contribution in [2.75, 3.05) is 11.9 Å². The Morgan fingerprint density at radius 2 is 1.87 bits per heavy atom. The van der Waals surface area contributed by atoms with Crippen molar-refractivity contribution in [2.45, 2.75) is 31.1 Å². The summed E-state index contributed by atoms with van der Waals surface area (Å²) in [4.78, 5) is 3.99. The van der Waals surface area contributed by atoms with Gasteiger partial charge in [0, 0.05) is 30.0 Å². The average Bonchev–Trinajstić information content (AvgIpc) is 2.30. The molecule has 2 nitrogen and oxygen atoms in total. The molecule has 0 unspecified atom stereocenters. The molecule has 1 N–H and O–H groups in total. The molecule has 0 bridgehead atoms. The van der Waals surface area contributed by atoms with E-state index in [0.29, 0.717) is 5.38 Å². The van der Waals surface area contributed by atoms with Gasteiger partial charge in [-0.1, -0.05) is 0 Å². The van der Waals surface area contributed by atoms with Crippen LogP contribution in [0, 0.1) is 5.92 Å². The number of halogens is 1. The highest BCUT2D eigenvalue weighted by Crippen LogP contribution is 2.27. The highest BCUT2D eigenvalue weighted by Gasteiger charge is 2.18. The Bertz CT molecular complexity index is 281. The van der Waals surface area contributed by atoms with Crippen molar-refractivity contribution in [3.05, 3.63) is 24.5 Å². The standard InChI is InChI=1S/C12H17ClN2/c13-11-3-1-10(2-4-11)9-15-12-5-7-14-8-6-12/h5-8,10-11H,1-4,9H2,(H,14,15). The van der Waals surface area contributed by atoms with E-state index in [-0.39, 0.29) is 0 Å². The lowest BCUT2D eigenvalue weighted by atomic mass is 9.89. The van der Waals surface area contributed by atoms with Crippen LogP contribution < -0.4 is 5.32 Å². The normalized spacial score (nSPS) is 26.2. The van der Waals surface area contributed by atoms with Gasteiger partial charge in [0.1, 0.15) is 0 Å². The van der Waals surface area contributed by atoms with Gasteiger partial charge < -0.3 is 5.32 Å². The second-order valence-corrected chi connectivity index (χ2v) is 4.85. The summed E-state index contributed by atoms with van der Waals surface area (Å²) in [5, 5.41) is 3.86. The van der Waals surface area contributed by atoms with Crippen LogP contribution in [0.4, 0.5) is 5.69 Å². The molecule has 82 valence electrons. The van der Waals surface area contributed by atoms with Crippen molar-refractivity contribution in [2.24, 2.45) is 5.92 Å². The molecule has 1 aromatic heterocycles. The fourth-order valence-electron chi connectivity index (χ4n) is 2.06. The van der Waals surface area contributed by atoms with Gasteiger partial charge >= 0.3 is 0 Å². The molecule has 0 saturated heterocycles. The quantitative estimate of drug-likeness (QED) is 0.797. The van der Waals surface area contributed by atoms with Crippen molar-refractivity contribution in [3.63, 3.8) is 0 Å². The zero-order valence-corrected chi connectivity index (χ0v) is 9.58. The summed E-state index contributed by atoms with van der Waals surface area (Å²) in [7, 11) is 0. The number of alkyl halides is 1. The number of nitrogens with zero attached hydrogens (tertiary/aromatic N) is 1. The van der Waals surface area contributed by atoms with E-state index in [9.17, 15) is 0 Å². The highest BCUT2D eigenvalue weighted by molar-refractivity contribution is 6.20. The topological polar surface area (TPSA) is 24.9 Å². The van der Waals surface area contributed by atoms with Crippen molar-refractivity contribution in [3.8, 4) is 0 Å². The van der Waals surface area contributed by atoms with Crippen LogP contribution in [0.5, 0.6) is 0 Å². The van der Waals surface area contributed by atoms with Crippen LogP contribution in [0.3, 0.4) is 0 Å². The number of aromatic nitrogens is 1. The summed E-state index contributed by atoms with van der Waals surface area (Å²) in [6.07, 6.45) is 8.49. The van der Waals surface area contributed by atoms with Crippen molar-refractivity contribution in [1.82, 2.24) is 4.98 Å². The van der Waals surface area contributed by atoms with Crippen LogP contribution in [0.2, 0.25) is 0 Å². The summed E-state index contributed by atoms with van der Waals surface area (Å²) < 4.78 is 0. The van der Waals surface area contributed by atoms with Gasteiger partial charge in [-0.15, -0.1) is 11.6 Å². The maximum atomic E-state index is 6.07. The van der Waals surface area contributed by atoms with E-state index in [4.69, 9.17) is 11.6 Å². The Balaban J connectivity index is 1.74. The summed E-state index contributed by atoms with van der Waals surface area (Å²) in [5.41, 5.74) is 1.16. The van der Waals surface area contributed by atoms with E-state index in [1.54, 1.807) is 0 Å². The number of nitrogens with one attached hydrogen (secondary N) is 1. The van der Waals surface area contributed by atoms with Crippen molar-refractivity contribution >= 4 is 17.3 Å². The average molecular weight is 225 g/mol. The maximum absolute atomic E-state index is 6.07. The van der Waals surface area contributed by atoms with E-state index in [2.05, 4.69) is 10.3 Å². The van der Waals surface area contributed by atoms with Gasteiger partial charge in [0.25, 0.3) is 0 Å². The molecule has 3 heteroatoms. The van der Waals surface area contributed by atoms with E-state index in [1.165, 1.54) is 25.7 Å². The molecule has 1 saturated carbocycles. The fraction of sp³-hybridized carbons (Fsp3) is 0.583. The minimum atomic E-state index is 0.419. The number of pyridine rings is 1. The second-order valence-electron chi connectivity index (χ2n) is 4.23. The Kier molecular flexibility index (Phi) is 3.84. The van der Waals surface area contributed by atoms with Gasteiger partial charge in [0.05, 0.1) is 0 Å². The summed E-state index contributed by atoms with van der Waals surface area (Å²) in [5.74, 6) is 0.785. The third kappa shape index (κ3) is 3.38. The first-order valence-electron chi connectivity index (χ1n) is 5.62. The molecule has 0 radical (unpaired) electrons. The first-order valence-corrected chi connectivity index (χ1v) is 6.06. The van der Waals surface area contributed by atoms with Crippen LogP contribution in [-0.4, -0.2) is 16.9 Å². The van der Waals surface area contributed by atoms with Gasteiger partial charge in [-0.25, -0.2) is 0 Å². The molecule has 1 aromatic rings. The molecule has 1 fully saturated rings. The Morgan fingerprint density at radius 1 is 1.20 bits per heavy atom. The van der Waals surface area contributed by atoms with Crippen LogP contribution >= 0.6 is 11.6 Å². The molecule has 0 aliphatic heterocycles. The molecule has 0 amide bonds. The third-order valence-corrected chi connectivity index (χ3v) is 3.49. The fourth-order valence-corrected chi connectivity index (χ4v) is 2.31. The molecule has 15 heavy (non-hydrogen) atoms. The van der Waals surface area contributed by atoms with E-state index in [0.717, 1.165) is 18.2 Å². The molecule has 1 heterocycles. The lowest BCUT2D eigenvalue weighted by Crippen LogP contribution is -2.21. The van der Waals surface area contributed by atoms with E-state index >= 15 is 0 Å². The third-order valence-electron chi connectivity index (χ3n) is 3.05. The lowest BCUT2D eigenvalue weighted by molar-refractivity contribution is 0.378. The predicted octanol–water partition coefficient (Wildman–Crippen LogP) is 3.29. The lowest BCUT2D eigenvalue weighted by Gasteiger charge is -2.25. The van der Waals surface area contributed by atoms with Crippen LogP contribution in [0.25, 0.3) is 0 Å².